The zero-order chi connectivity index (χ0) is 15.6. The van der Waals surface area contributed by atoms with Crippen molar-refractivity contribution in [3.05, 3.63) is 44.0 Å². The first-order valence-corrected chi connectivity index (χ1v) is 6.77. The molecule has 1 fully saturated rings. The van der Waals surface area contributed by atoms with Crippen LogP contribution < -0.4 is 5.32 Å². The molecule has 1 aliphatic heterocycles. The van der Waals surface area contributed by atoms with E-state index in [-0.39, 0.29) is 17.4 Å². The Balaban J connectivity index is 2.26. The van der Waals surface area contributed by atoms with Crippen LogP contribution in [0.25, 0.3) is 0 Å². The van der Waals surface area contributed by atoms with E-state index < -0.39 is 9.85 Å². The average Bonchev–Trinajstić information content (AvgIpc) is 2.42. The van der Waals surface area contributed by atoms with Crippen LogP contribution in [-0.4, -0.2) is 39.9 Å². The van der Waals surface area contributed by atoms with E-state index in [1.807, 2.05) is 0 Å². The molecule has 1 aromatic rings. The summed E-state index contributed by atoms with van der Waals surface area (Å²) in [6.07, 6.45) is 0. The Morgan fingerprint density at radius 1 is 1.29 bits per heavy atom. The van der Waals surface area contributed by atoms with Crippen molar-refractivity contribution >= 4 is 11.4 Å². The summed E-state index contributed by atoms with van der Waals surface area (Å²) in [4.78, 5) is 22.8. The highest BCUT2D eigenvalue weighted by atomic mass is 16.6. The lowest BCUT2D eigenvalue weighted by molar-refractivity contribution is -0.394. The molecule has 2 atom stereocenters. The van der Waals surface area contributed by atoms with Gasteiger partial charge in [-0.2, -0.15) is 0 Å². The molecule has 0 saturated carbocycles. The first kappa shape index (κ1) is 15.3. The molecule has 0 aromatic heterocycles. The highest BCUT2D eigenvalue weighted by Crippen LogP contribution is 2.26. The minimum Gasteiger partial charge on any atom is -0.311 e. The van der Waals surface area contributed by atoms with Crippen LogP contribution in [0.2, 0.25) is 0 Å². The largest absolute Gasteiger partial charge is 0.311 e. The second-order valence-electron chi connectivity index (χ2n) is 5.41. The molecular weight excluding hydrogens is 276 g/mol. The van der Waals surface area contributed by atoms with Gasteiger partial charge in [-0.25, -0.2) is 0 Å². The van der Waals surface area contributed by atoms with Crippen molar-refractivity contribution in [1.82, 2.24) is 10.2 Å². The summed E-state index contributed by atoms with van der Waals surface area (Å²) in [5, 5.41) is 25.2. The van der Waals surface area contributed by atoms with E-state index in [0.29, 0.717) is 18.2 Å². The number of piperazine rings is 1. The number of nitro benzene ring substituents is 2. The Morgan fingerprint density at radius 3 is 2.62 bits per heavy atom. The van der Waals surface area contributed by atoms with Crippen LogP contribution in [0.5, 0.6) is 0 Å². The fraction of sp³-hybridized carbons (Fsp3) is 0.538. The molecule has 21 heavy (non-hydrogen) atoms. The Labute approximate surface area is 122 Å². The van der Waals surface area contributed by atoms with Crippen LogP contribution in [0.4, 0.5) is 11.4 Å². The van der Waals surface area contributed by atoms with Gasteiger partial charge >= 0.3 is 0 Å². The van der Waals surface area contributed by atoms with Gasteiger partial charge in [0.2, 0.25) is 0 Å². The maximum Gasteiger partial charge on any atom is 0.280 e. The Hall–Kier alpha value is -2.06. The maximum absolute atomic E-state index is 11.1. The maximum atomic E-state index is 11.1. The quantitative estimate of drug-likeness (QED) is 0.669. The Kier molecular flexibility index (Phi) is 4.49. The summed E-state index contributed by atoms with van der Waals surface area (Å²) < 4.78 is 0. The van der Waals surface area contributed by atoms with E-state index in [9.17, 15) is 20.2 Å². The predicted octanol–water partition coefficient (Wildman–Crippen LogP) is 1.69. The van der Waals surface area contributed by atoms with Gasteiger partial charge in [0.1, 0.15) is 0 Å². The SMILES string of the molecule is CC1CN(Cc2ccc([N+](=O)[O-])cc2[N+](=O)[O-])C(C)CN1. The summed E-state index contributed by atoms with van der Waals surface area (Å²) in [6.45, 7) is 6.14. The first-order chi connectivity index (χ1) is 9.88. The van der Waals surface area contributed by atoms with E-state index in [1.54, 1.807) is 0 Å². The molecule has 2 unspecified atom stereocenters. The normalized spacial score (nSPS) is 23.0. The lowest BCUT2D eigenvalue weighted by Crippen LogP contribution is -2.53. The van der Waals surface area contributed by atoms with Crippen LogP contribution >= 0.6 is 0 Å². The predicted molar refractivity (Wildman–Crippen MR) is 77.1 cm³/mol. The zero-order valence-electron chi connectivity index (χ0n) is 12.0. The van der Waals surface area contributed by atoms with Gasteiger partial charge in [0.15, 0.2) is 0 Å². The Morgan fingerprint density at radius 2 is 2.00 bits per heavy atom. The van der Waals surface area contributed by atoms with Crippen LogP contribution in [0.3, 0.4) is 0 Å². The van der Waals surface area contributed by atoms with E-state index in [1.165, 1.54) is 12.1 Å². The van der Waals surface area contributed by atoms with Crippen LogP contribution in [0, 0.1) is 20.2 Å². The van der Waals surface area contributed by atoms with Crippen molar-refractivity contribution in [1.29, 1.82) is 0 Å². The number of benzene rings is 1. The van der Waals surface area contributed by atoms with Gasteiger partial charge in [-0.15, -0.1) is 0 Å². The second kappa shape index (κ2) is 6.15. The molecule has 2 rings (SSSR count). The highest BCUT2D eigenvalue weighted by Gasteiger charge is 2.26. The van der Waals surface area contributed by atoms with E-state index in [0.717, 1.165) is 19.2 Å². The van der Waals surface area contributed by atoms with Crippen LogP contribution in [-0.2, 0) is 6.54 Å². The van der Waals surface area contributed by atoms with Gasteiger partial charge in [-0.05, 0) is 19.9 Å². The molecule has 1 saturated heterocycles. The smallest absolute Gasteiger partial charge is 0.280 e. The second-order valence-corrected chi connectivity index (χ2v) is 5.41. The molecule has 0 amide bonds. The molecule has 8 heteroatoms. The van der Waals surface area contributed by atoms with Crippen molar-refractivity contribution < 1.29 is 9.85 Å². The third-order valence-corrected chi connectivity index (χ3v) is 3.74. The number of nitrogens with zero attached hydrogens (tertiary/aromatic N) is 3. The summed E-state index contributed by atoms with van der Waals surface area (Å²) in [5.74, 6) is 0. The van der Waals surface area contributed by atoms with Gasteiger partial charge in [-0.1, -0.05) is 0 Å². The van der Waals surface area contributed by atoms with E-state index in [2.05, 4.69) is 24.1 Å². The summed E-state index contributed by atoms with van der Waals surface area (Å²) in [5.41, 5.74) is 0.0568. The fourth-order valence-corrected chi connectivity index (χ4v) is 2.51. The molecule has 1 heterocycles. The average molecular weight is 294 g/mol. The number of nitrogens with one attached hydrogen (secondary N) is 1. The molecular formula is C13H18N4O4. The fourth-order valence-electron chi connectivity index (χ4n) is 2.51. The van der Waals surface area contributed by atoms with Gasteiger partial charge in [0, 0.05) is 43.3 Å². The van der Waals surface area contributed by atoms with E-state index >= 15 is 0 Å². The third kappa shape index (κ3) is 3.53. The minimum atomic E-state index is -0.619. The van der Waals surface area contributed by atoms with Crippen molar-refractivity contribution in [2.45, 2.75) is 32.5 Å². The topological polar surface area (TPSA) is 102 Å². The molecule has 0 aliphatic carbocycles. The standard InChI is InChI=1S/C13H18N4O4/c1-9-7-15(10(2)6-14-9)8-11-3-4-12(16(18)19)5-13(11)17(20)21/h3-5,9-10,14H,6-8H2,1-2H3. The molecule has 1 aliphatic rings. The lowest BCUT2D eigenvalue weighted by Gasteiger charge is -2.37. The zero-order valence-corrected chi connectivity index (χ0v) is 12.0. The molecule has 1 N–H and O–H groups in total. The number of hydrogen-bond donors (Lipinski definition) is 1. The summed E-state index contributed by atoms with van der Waals surface area (Å²) in [7, 11) is 0. The number of hydrogen-bond acceptors (Lipinski definition) is 6. The van der Waals surface area contributed by atoms with Crippen molar-refractivity contribution in [3.63, 3.8) is 0 Å². The third-order valence-electron chi connectivity index (χ3n) is 3.74. The number of non-ortho nitro benzene ring substituents is 1. The number of nitro groups is 2. The molecule has 1 aromatic carbocycles. The molecule has 0 radical (unpaired) electrons. The molecule has 114 valence electrons. The lowest BCUT2D eigenvalue weighted by atomic mass is 10.1. The van der Waals surface area contributed by atoms with Gasteiger partial charge < -0.3 is 5.32 Å². The van der Waals surface area contributed by atoms with Gasteiger partial charge in [-0.3, -0.25) is 25.1 Å². The van der Waals surface area contributed by atoms with Gasteiger partial charge in [0.25, 0.3) is 11.4 Å². The van der Waals surface area contributed by atoms with Crippen LogP contribution in [0.1, 0.15) is 19.4 Å². The van der Waals surface area contributed by atoms with Crippen molar-refractivity contribution in [2.75, 3.05) is 13.1 Å². The summed E-state index contributed by atoms with van der Waals surface area (Å²) in [6, 6.07) is 4.41. The molecule has 8 nitrogen and oxygen atoms in total. The van der Waals surface area contributed by atoms with E-state index in [4.69, 9.17) is 0 Å². The first-order valence-electron chi connectivity index (χ1n) is 6.77. The van der Waals surface area contributed by atoms with Crippen molar-refractivity contribution in [2.24, 2.45) is 0 Å². The number of rotatable bonds is 4. The monoisotopic (exact) mass is 294 g/mol. The molecule has 0 bridgehead atoms. The highest BCUT2D eigenvalue weighted by molar-refractivity contribution is 5.49. The molecule has 0 spiro atoms. The van der Waals surface area contributed by atoms with Crippen molar-refractivity contribution in [3.8, 4) is 0 Å². The minimum absolute atomic E-state index is 0.192. The van der Waals surface area contributed by atoms with Gasteiger partial charge in [0.05, 0.1) is 15.9 Å². The Bertz CT molecular complexity index is 563. The van der Waals surface area contributed by atoms with Crippen LogP contribution in [0.15, 0.2) is 18.2 Å². The summed E-state index contributed by atoms with van der Waals surface area (Å²) >= 11 is 0.